The van der Waals surface area contributed by atoms with E-state index >= 15 is 0 Å². The van der Waals surface area contributed by atoms with E-state index in [-0.39, 0.29) is 12.8 Å². The third kappa shape index (κ3) is 7.08. The van der Waals surface area contributed by atoms with Crippen molar-refractivity contribution in [2.75, 3.05) is 0 Å². The van der Waals surface area contributed by atoms with Crippen molar-refractivity contribution in [2.45, 2.75) is 39.7 Å². The normalized spacial score (nSPS) is 10.3. The number of aliphatic carboxylic acids is 2. The zero-order chi connectivity index (χ0) is 21.4. The van der Waals surface area contributed by atoms with Crippen LogP contribution in [0.5, 0.6) is 0 Å². The number of H-pyrrole nitrogens is 1. The average molecular weight is 419 g/mol. The second-order valence-corrected chi connectivity index (χ2v) is 6.89. The number of rotatable bonds is 7. The molecule has 154 valence electrons. The van der Waals surface area contributed by atoms with Crippen molar-refractivity contribution in [3.05, 3.63) is 58.6 Å². The maximum atomic E-state index is 9.64. The van der Waals surface area contributed by atoms with Gasteiger partial charge in [0.2, 0.25) is 0 Å². The van der Waals surface area contributed by atoms with Gasteiger partial charge >= 0.3 is 11.9 Å². The van der Waals surface area contributed by atoms with Gasteiger partial charge in [-0.15, -0.1) is 0 Å². The minimum absolute atomic E-state index is 0.296. The van der Waals surface area contributed by atoms with Gasteiger partial charge in [0.15, 0.2) is 0 Å². The fourth-order valence-electron chi connectivity index (χ4n) is 2.66. The van der Waals surface area contributed by atoms with Crippen LogP contribution < -0.4 is 0 Å². The Morgan fingerprint density at radius 3 is 2.21 bits per heavy atom. The van der Waals surface area contributed by atoms with Gasteiger partial charge in [-0.3, -0.25) is 19.4 Å². The van der Waals surface area contributed by atoms with Crippen molar-refractivity contribution < 1.29 is 19.8 Å². The molecule has 2 heterocycles. The summed E-state index contributed by atoms with van der Waals surface area (Å²) in [5, 5.41) is 28.2. The number of hydrogen-bond acceptors (Lipinski definition) is 4. The van der Waals surface area contributed by atoms with Gasteiger partial charge < -0.3 is 10.2 Å². The number of carboxylic acid groups (broad SMARTS) is 2. The largest absolute Gasteiger partial charge is 0.481 e. The van der Waals surface area contributed by atoms with E-state index < -0.39 is 11.9 Å². The summed E-state index contributed by atoms with van der Waals surface area (Å²) in [4.78, 5) is 19.3. The third-order valence-corrected chi connectivity index (χ3v) is 4.49. The molecular formula is C20H23ClN4O4. The Morgan fingerprint density at radius 2 is 1.69 bits per heavy atom. The molecule has 0 saturated carbocycles. The zero-order valence-electron chi connectivity index (χ0n) is 16.2. The molecule has 0 radical (unpaired) electrons. The molecule has 0 aliphatic heterocycles. The van der Waals surface area contributed by atoms with Crippen molar-refractivity contribution in [1.82, 2.24) is 20.0 Å². The van der Waals surface area contributed by atoms with Crippen LogP contribution in [-0.2, 0) is 22.6 Å². The quantitative estimate of drug-likeness (QED) is 0.537. The maximum absolute atomic E-state index is 9.64. The third-order valence-electron chi connectivity index (χ3n) is 4.24. The maximum Gasteiger partial charge on any atom is 0.303 e. The van der Waals surface area contributed by atoms with Gasteiger partial charge in [0, 0.05) is 29.0 Å². The van der Waals surface area contributed by atoms with Crippen molar-refractivity contribution in [3.8, 4) is 11.1 Å². The number of carboxylic acids is 2. The van der Waals surface area contributed by atoms with Gasteiger partial charge in [0.25, 0.3) is 0 Å². The summed E-state index contributed by atoms with van der Waals surface area (Å²) in [7, 11) is 0. The Balaban J connectivity index is 0.000000321. The lowest BCUT2D eigenvalue weighted by molar-refractivity contribution is -0.143. The summed E-state index contributed by atoms with van der Waals surface area (Å²) in [6.07, 6.45) is 4.28. The van der Waals surface area contributed by atoms with Gasteiger partial charge in [-0.05, 0) is 43.5 Å². The fraction of sp³-hybridized carbons (Fsp3) is 0.300. The second kappa shape index (κ2) is 10.4. The van der Waals surface area contributed by atoms with Crippen LogP contribution in [0, 0.1) is 13.8 Å². The number of aromatic nitrogens is 4. The number of benzene rings is 1. The number of carbonyl (C=O) groups is 2. The lowest BCUT2D eigenvalue weighted by atomic mass is 10.1. The molecule has 3 rings (SSSR count). The first kappa shape index (κ1) is 22.2. The number of hydrogen-bond donors (Lipinski definition) is 3. The summed E-state index contributed by atoms with van der Waals surface area (Å²) in [6, 6.07) is 7.81. The van der Waals surface area contributed by atoms with Crippen LogP contribution in [0.25, 0.3) is 11.1 Å². The van der Waals surface area contributed by atoms with Crippen LogP contribution in [0.1, 0.15) is 29.8 Å². The Labute approximate surface area is 173 Å². The molecule has 3 aromatic rings. The number of aromatic amines is 1. The molecule has 0 atom stereocenters. The molecule has 29 heavy (non-hydrogen) atoms. The highest BCUT2D eigenvalue weighted by molar-refractivity contribution is 6.30. The molecule has 0 bridgehead atoms. The molecule has 0 amide bonds. The molecule has 0 aliphatic rings. The summed E-state index contributed by atoms with van der Waals surface area (Å²) in [6.45, 7) is 4.92. The molecule has 9 heteroatoms. The van der Waals surface area contributed by atoms with Gasteiger partial charge in [-0.25, -0.2) is 0 Å². The van der Waals surface area contributed by atoms with Crippen LogP contribution in [0.3, 0.4) is 0 Å². The minimum Gasteiger partial charge on any atom is -0.481 e. The first-order valence-corrected chi connectivity index (χ1v) is 9.36. The Bertz CT molecular complexity index is 930. The molecule has 8 nitrogen and oxygen atoms in total. The van der Waals surface area contributed by atoms with E-state index in [0.29, 0.717) is 0 Å². The van der Waals surface area contributed by atoms with E-state index in [9.17, 15) is 9.59 Å². The molecule has 3 N–H and O–H groups in total. The Morgan fingerprint density at radius 1 is 1.07 bits per heavy atom. The van der Waals surface area contributed by atoms with E-state index in [2.05, 4.69) is 28.4 Å². The summed E-state index contributed by atoms with van der Waals surface area (Å²) in [5.41, 5.74) is 5.71. The second-order valence-electron chi connectivity index (χ2n) is 6.45. The lowest BCUT2D eigenvalue weighted by Gasteiger charge is -2.02. The summed E-state index contributed by atoms with van der Waals surface area (Å²) in [5.74, 6) is -2.15. The molecular weight excluding hydrogens is 396 g/mol. The van der Waals surface area contributed by atoms with Crippen molar-refractivity contribution >= 4 is 23.5 Å². The van der Waals surface area contributed by atoms with Gasteiger partial charge in [-0.1, -0.05) is 23.7 Å². The van der Waals surface area contributed by atoms with Crippen LogP contribution in [0.15, 0.2) is 36.7 Å². The van der Waals surface area contributed by atoms with Crippen LogP contribution in [0.2, 0.25) is 5.02 Å². The SMILES string of the molecule is Cc1n[nH]c(C)c1CCn1cc(-c2ccc(Cl)cc2)cn1.O=C(O)CCC(=O)O. The fourth-order valence-corrected chi connectivity index (χ4v) is 2.79. The summed E-state index contributed by atoms with van der Waals surface area (Å²) >= 11 is 5.91. The smallest absolute Gasteiger partial charge is 0.303 e. The van der Waals surface area contributed by atoms with Crippen LogP contribution in [0.4, 0.5) is 0 Å². The van der Waals surface area contributed by atoms with Crippen molar-refractivity contribution in [2.24, 2.45) is 0 Å². The van der Waals surface area contributed by atoms with Crippen LogP contribution in [-0.4, -0.2) is 42.1 Å². The van der Waals surface area contributed by atoms with Crippen molar-refractivity contribution in [1.29, 1.82) is 0 Å². The standard InChI is InChI=1S/C16H17ClN4.C4H6O4/c1-11-16(12(2)20-19-11)7-8-21-10-14(9-18-21)13-3-5-15(17)6-4-13;5-3(6)1-2-4(7)8/h3-6,9-10H,7-8H2,1-2H3,(H,19,20);1-2H2,(H,5,6)(H,7,8). The van der Waals surface area contributed by atoms with E-state index in [1.54, 1.807) is 0 Å². The van der Waals surface area contributed by atoms with Gasteiger partial charge in [0.05, 0.1) is 24.7 Å². The Kier molecular flexibility index (Phi) is 7.97. The van der Waals surface area contributed by atoms with E-state index in [1.165, 1.54) is 5.56 Å². The zero-order valence-corrected chi connectivity index (χ0v) is 17.0. The number of aryl methyl sites for hydroxylation is 3. The lowest BCUT2D eigenvalue weighted by Crippen LogP contribution is -2.02. The summed E-state index contributed by atoms with van der Waals surface area (Å²) < 4.78 is 1.97. The molecule has 0 spiro atoms. The molecule has 0 fully saturated rings. The van der Waals surface area contributed by atoms with Crippen molar-refractivity contribution in [3.63, 3.8) is 0 Å². The highest BCUT2D eigenvalue weighted by Gasteiger charge is 2.07. The molecule has 2 aromatic heterocycles. The van der Waals surface area contributed by atoms with Crippen LogP contribution >= 0.6 is 11.6 Å². The highest BCUT2D eigenvalue weighted by Crippen LogP contribution is 2.21. The van der Waals surface area contributed by atoms with E-state index in [4.69, 9.17) is 21.8 Å². The van der Waals surface area contributed by atoms with Gasteiger partial charge in [-0.2, -0.15) is 10.2 Å². The van der Waals surface area contributed by atoms with E-state index in [1.807, 2.05) is 42.1 Å². The first-order valence-electron chi connectivity index (χ1n) is 8.98. The first-order chi connectivity index (χ1) is 13.8. The predicted molar refractivity (Wildman–Crippen MR) is 109 cm³/mol. The topological polar surface area (TPSA) is 121 Å². The monoisotopic (exact) mass is 418 g/mol. The number of nitrogens with zero attached hydrogens (tertiary/aromatic N) is 3. The molecule has 1 aromatic carbocycles. The molecule has 0 aliphatic carbocycles. The molecule has 0 unspecified atom stereocenters. The van der Waals surface area contributed by atoms with Gasteiger partial charge in [0.1, 0.15) is 0 Å². The number of halogens is 1. The highest BCUT2D eigenvalue weighted by atomic mass is 35.5. The Hall–Kier alpha value is -3.13. The predicted octanol–water partition coefficient (Wildman–Crippen LogP) is 3.72. The van der Waals surface area contributed by atoms with E-state index in [0.717, 1.165) is 40.5 Å². The molecule has 0 saturated heterocycles. The minimum atomic E-state index is -1.08. The number of nitrogens with one attached hydrogen (secondary N) is 1. The average Bonchev–Trinajstić information content (AvgIpc) is 3.26.